The van der Waals surface area contributed by atoms with Crippen LogP contribution in [0, 0.1) is 0 Å². The van der Waals surface area contributed by atoms with Gasteiger partial charge in [-0.2, -0.15) is 0 Å². The van der Waals surface area contributed by atoms with Crippen molar-refractivity contribution in [2.75, 3.05) is 6.26 Å². The quantitative estimate of drug-likeness (QED) is 0.379. The maximum absolute atomic E-state index is 6.28. The third-order valence-corrected chi connectivity index (χ3v) is 4.93. The van der Waals surface area contributed by atoms with E-state index < -0.39 is 0 Å². The first-order chi connectivity index (χ1) is 11.1. The lowest BCUT2D eigenvalue weighted by Gasteiger charge is -2.10. The molecule has 0 unspecified atom stereocenters. The van der Waals surface area contributed by atoms with Crippen molar-refractivity contribution >= 4 is 57.5 Å². The van der Waals surface area contributed by atoms with Crippen LogP contribution in [0.25, 0.3) is 10.9 Å². The Bertz CT molecular complexity index is 870. The predicted octanol–water partition coefficient (Wildman–Crippen LogP) is 6.50. The fourth-order valence-electron chi connectivity index (χ4n) is 2.14. The van der Waals surface area contributed by atoms with Crippen molar-refractivity contribution in [3.05, 3.63) is 63.2 Å². The van der Waals surface area contributed by atoms with Crippen molar-refractivity contribution in [1.29, 1.82) is 0 Å². The van der Waals surface area contributed by atoms with Crippen molar-refractivity contribution in [2.45, 2.75) is 11.5 Å². The molecule has 0 aliphatic heterocycles. The molecule has 0 bridgehead atoms. The molecule has 0 spiro atoms. The lowest BCUT2D eigenvalue weighted by Crippen LogP contribution is -1.99. The lowest BCUT2D eigenvalue weighted by molar-refractivity contribution is 0.306. The van der Waals surface area contributed by atoms with Gasteiger partial charge in [0.2, 0.25) is 0 Å². The number of fused-ring (bicyclic) bond motifs is 1. The summed E-state index contributed by atoms with van der Waals surface area (Å²) in [6.07, 6.45) is 2.03. The van der Waals surface area contributed by atoms with E-state index in [0.29, 0.717) is 20.9 Å². The molecule has 0 aliphatic carbocycles. The van der Waals surface area contributed by atoms with E-state index in [2.05, 4.69) is 11.1 Å². The minimum absolute atomic E-state index is 0.270. The van der Waals surface area contributed by atoms with Gasteiger partial charge in [-0.15, -0.1) is 11.8 Å². The zero-order valence-corrected chi connectivity index (χ0v) is 15.2. The number of halogens is 3. The standard InChI is InChI=1S/C17H12Cl3NOS/c1-23-13-4-2-10-6-11(17(20)21-15(10)8-13)9-22-16-7-12(18)3-5-14(16)19/h2-8H,9H2,1H3. The molecule has 6 heteroatoms. The Balaban J connectivity index is 1.88. The largest absolute Gasteiger partial charge is 0.487 e. The fraction of sp³-hybridized carbons (Fsp3) is 0.118. The molecule has 1 aromatic heterocycles. The van der Waals surface area contributed by atoms with Gasteiger partial charge in [-0.3, -0.25) is 0 Å². The molecule has 1 heterocycles. The van der Waals surface area contributed by atoms with Gasteiger partial charge in [0.15, 0.2) is 0 Å². The van der Waals surface area contributed by atoms with Crippen LogP contribution in [0.1, 0.15) is 5.56 Å². The number of thioether (sulfide) groups is 1. The lowest BCUT2D eigenvalue weighted by atomic mass is 10.1. The van der Waals surface area contributed by atoms with E-state index in [1.165, 1.54) is 0 Å². The van der Waals surface area contributed by atoms with Gasteiger partial charge in [-0.05, 0) is 36.6 Å². The number of ether oxygens (including phenoxy) is 1. The molecule has 3 aromatic rings. The first-order valence-corrected chi connectivity index (χ1v) is 9.13. The molecule has 0 saturated heterocycles. The van der Waals surface area contributed by atoms with Crippen molar-refractivity contribution < 1.29 is 4.74 Å². The highest BCUT2D eigenvalue weighted by Crippen LogP contribution is 2.30. The van der Waals surface area contributed by atoms with Crippen LogP contribution < -0.4 is 4.74 Å². The molecule has 3 rings (SSSR count). The van der Waals surface area contributed by atoms with E-state index in [0.717, 1.165) is 21.4 Å². The Morgan fingerprint density at radius 1 is 1.04 bits per heavy atom. The molecule has 0 fully saturated rings. The predicted molar refractivity (Wildman–Crippen MR) is 99.3 cm³/mol. The van der Waals surface area contributed by atoms with Gasteiger partial charge < -0.3 is 4.74 Å². The van der Waals surface area contributed by atoms with Gasteiger partial charge in [-0.25, -0.2) is 4.98 Å². The zero-order chi connectivity index (χ0) is 16.4. The SMILES string of the molecule is CSc1ccc2cc(COc3cc(Cl)ccc3Cl)c(Cl)nc2c1. The summed E-state index contributed by atoms with van der Waals surface area (Å²) in [4.78, 5) is 5.60. The van der Waals surface area contributed by atoms with Gasteiger partial charge >= 0.3 is 0 Å². The summed E-state index contributed by atoms with van der Waals surface area (Å²) >= 11 is 20.0. The highest BCUT2D eigenvalue weighted by Gasteiger charge is 2.09. The van der Waals surface area contributed by atoms with E-state index in [9.17, 15) is 0 Å². The molecule has 0 amide bonds. The average Bonchev–Trinajstić information content (AvgIpc) is 2.55. The normalized spacial score (nSPS) is 11.0. The molecule has 0 atom stereocenters. The van der Waals surface area contributed by atoms with Crippen LogP contribution in [0.3, 0.4) is 0 Å². The Hall–Kier alpha value is -1.13. The molecule has 0 radical (unpaired) electrons. The van der Waals surface area contributed by atoms with Crippen LogP contribution in [-0.4, -0.2) is 11.2 Å². The van der Waals surface area contributed by atoms with Gasteiger partial charge in [0.1, 0.15) is 17.5 Å². The first-order valence-electron chi connectivity index (χ1n) is 6.78. The Morgan fingerprint density at radius 3 is 2.65 bits per heavy atom. The molecule has 0 saturated carbocycles. The van der Waals surface area contributed by atoms with E-state index in [1.54, 1.807) is 30.0 Å². The van der Waals surface area contributed by atoms with Crippen LogP contribution in [-0.2, 0) is 6.61 Å². The smallest absolute Gasteiger partial charge is 0.139 e. The second kappa shape index (κ2) is 7.18. The third-order valence-electron chi connectivity index (χ3n) is 3.33. The number of nitrogens with zero attached hydrogens (tertiary/aromatic N) is 1. The van der Waals surface area contributed by atoms with Crippen LogP contribution in [0.15, 0.2) is 47.4 Å². The summed E-state index contributed by atoms with van der Waals surface area (Å²) in [5.74, 6) is 0.521. The fourth-order valence-corrected chi connectivity index (χ4v) is 3.11. The van der Waals surface area contributed by atoms with E-state index >= 15 is 0 Å². The third kappa shape index (κ3) is 3.86. The van der Waals surface area contributed by atoms with E-state index in [4.69, 9.17) is 39.5 Å². The highest BCUT2D eigenvalue weighted by atomic mass is 35.5. The number of aromatic nitrogens is 1. The summed E-state index contributed by atoms with van der Waals surface area (Å²) < 4.78 is 5.73. The molecular formula is C17H12Cl3NOS. The van der Waals surface area contributed by atoms with Crippen molar-refractivity contribution in [3.63, 3.8) is 0 Å². The number of benzene rings is 2. The van der Waals surface area contributed by atoms with Gasteiger partial charge in [-0.1, -0.05) is 40.9 Å². The molecule has 2 aromatic carbocycles. The maximum atomic E-state index is 6.28. The second-order valence-corrected chi connectivity index (χ2v) is 6.94. The Kier molecular flexibility index (Phi) is 5.22. The average molecular weight is 385 g/mol. The van der Waals surface area contributed by atoms with Gasteiger partial charge in [0.25, 0.3) is 0 Å². The summed E-state index contributed by atoms with van der Waals surface area (Å²) in [5.41, 5.74) is 1.67. The zero-order valence-electron chi connectivity index (χ0n) is 12.1. The van der Waals surface area contributed by atoms with Crippen molar-refractivity contribution in [2.24, 2.45) is 0 Å². The number of rotatable bonds is 4. The number of pyridine rings is 1. The Morgan fingerprint density at radius 2 is 1.87 bits per heavy atom. The summed E-state index contributed by atoms with van der Waals surface area (Å²) in [6.45, 7) is 0.270. The van der Waals surface area contributed by atoms with Gasteiger partial charge in [0, 0.05) is 26.9 Å². The minimum atomic E-state index is 0.270. The van der Waals surface area contributed by atoms with Crippen molar-refractivity contribution in [1.82, 2.24) is 4.98 Å². The summed E-state index contributed by atoms with van der Waals surface area (Å²) in [5, 5.41) is 2.51. The van der Waals surface area contributed by atoms with Gasteiger partial charge in [0.05, 0.1) is 10.5 Å². The van der Waals surface area contributed by atoms with Crippen LogP contribution in [0.4, 0.5) is 0 Å². The number of hydrogen-bond donors (Lipinski definition) is 0. The molecule has 0 N–H and O–H groups in total. The summed E-state index contributed by atoms with van der Waals surface area (Å²) in [6, 6.07) is 13.2. The highest BCUT2D eigenvalue weighted by molar-refractivity contribution is 7.98. The second-order valence-electron chi connectivity index (χ2n) is 4.86. The number of hydrogen-bond acceptors (Lipinski definition) is 3. The van der Waals surface area contributed by atoms with Crippen molar-refractivity contribution in [3.8, 4) is 5.75 Å². The van der Waals surface area contributed by atoms with E-state index in [1.807, 2.05) is 24.5 Å². The minimum Gasteiger partial charge on any atom is -0.487 e. The molecule has 118 valence electrons. The summed E-state index contributed by atoms with van der Waals surface area (Å²) in [7, 11) is 0. The van der Waals surface area contributed by atoms with Crippen LogP contribution in [0.2, 0.25) is 15.2 Å². The monoisotopic (exact) mass is 383 g/mol. The Labute approximate surface area is 153 Å². The maximum Gasteiger partial charge on any atom is 0.139 e. The topological polar surface area (TPSA) is 22.1 Å². The molecular weight excluding hydrogens is 373 g/mol. The molecule has 23 heavy (non-hydrogen) atoms. The molecule has 0 aliphatic rings. The van der Waals surface area contributed by atoms with Crippen LogP contribution >= 0.6 is 46.6 Å². The molecule has 2 nitrogen and oxygen atoms in total. The first kappa shape index (κ1) is 16.7. The van der Waals surface area contributed by atoms with E-state index in [-0.39, 0.29) is 6.61 Å². The van der Waals surface area contributed by atoms with Crippen LogP contribution in [0.5, 0.6) is 5.75 Å².